The van der Waals surface area contributed by atoms with Gasteiger partial charge in [0.25, 0.3) is 0 Å². The maximum absolute atomic E-state index is 12.5. The van der Waals surface area contributed by atoms with E-state index in [0.29, 0.717) is 30.6 Å². The van der Waals surface area contributed by atoms with Crippen molar-refractivity contribution in [1.29, 1.82) is 0 Å². The third-order valence-electron chi connectivity index (χ3n) is 4.53. The zero-order valence-electron chi connectivity index (χ0n) is 16.8. The molecule has 1 fully saturated rings. The maximum Gasteiger partial charge on any atom is 0.358 e. The van der Waals surface area contributed by atoms with Gasteiger partial charge in [0.1, 0.15) is 0 Å². The number of nitrogens with zero attached hydrogens (tertiary/aromatic N) is 6. The average Bonchev–Trinajstić information content (AvgIpc) is 3.00. The molecule has 29 heavy (non-hydrogen) atoms. The first-order chi connectivity index (χ1) is 13.8. The molecule has 0 saturated carbocycles. The fraction of sp³-hybridized carbons (Fsp3) is 0.500. The van der Waals surface area contributed by atoms with Gasteiger partial charge in [-0.2, -0.15) is 5.10 Å². The van der Waals surface area contributed by atoms with Crippen LogP contribution in [0.4, 0.5) is 16.4 Å². The summed E-state index contributed by atoms with van der Waals surface area (Å²) < 4.78 is 6.57. The Morgan fingerprint density at radius 1 is 1.41 bits per heavy atom. The van der Waals surface area contributed by atoms with Gasteiger partial charge in [0, 0.05) is 38.9 Å². The zero-order chi connectivity index (χ0) is 21.1. The third-order valence-corrected chi connectivity index (χ3v) is 4.72. The van der Waals surface area contributed by atoms with Crippen LogP contribution >= 0.6 is 11.6 Å². The zero-order valence-corrected chi connectivity index (χ0v) is 17.5. The van der Waals surface area contributed by atoms with E-state index in [-0.39, 0.29) is 22.9 Å². The number of likely N-dealkylation sites (tertiary alicyclic amines) is 1. The van der Waals surface area contributed by atoms with Crippen LogP contribution in [0.15, 0.2) is 18.5 Å². The van der Waals surface area contributed by atoms with Crippen molar-refractivity contribution < 1.29 is 14.3 Å². The van der Waals surface area contributed by atoms with Gasteiger partial charge in [-0.25, -0.2) is 14.6 Å². The van der Waals surface area contributed by atoms with Gasteiger partial charge in [0.05, 0.1) is 25.0 Å². The summed E-state index contributed by atoms with van der Waals surface area (Å²) in [4.78, 5) is 32.5. The Hall–Kier alpha value is -2.88. The number of aromatic nitrogens is 4. The summed E-state index contributed by atoms with van der Waals surface area (Å²) in [6, 6.07) is 1.40. The number of hydrogen-bond acceptors (Lipinski definition) is 7. The molecule has 1 saturated heterocycles. The van der Waals surface area contributed by atoms with Crippen LogP contribution in [-0.4, -0.2) is 69.4 Å². The molecule has 2 aromatic rings. The number of halogens is 1. The number of amides is 2. The monoisotopic (exact) mass is 421 g/mol. The highest BCUT2D eigenvalue weighted by molar-refractivity contribution is 6.29. The SMILES string of the molecule is COC(=O)c1cn(C)c(N(CC(C)C)C2CN(C(=O)Nc3cnnc(Cl)c3)C2)n1. The molecule has 1 N–H and O–H groups in total. The number of anilines is 2. The van der Waals surface area contributed by atoms with Crippen molar-refractivity contribution in [3.8, 4) is 0 Å². The van der Waals surface area contributed by atoms with Gasteiger partial charge in [-0.3, -0.25) is 0 Å². The first-order valence-electron chi connectivity index (χ1n) is 9.21. The van der Waals surface area contributed by atoms with Crippen molar-refractivity contribution in [2.24, 2.45) is 13.0 Å². The Bertz CT molecular complexity index is 895. The van der Waals surface area contributed by atoms with E-state index in [9.17, 15) is 9.59 Å². The quantitative estimate of drug-likeness (QED) is 0.711. The highest BCUT2D eigenvalue weighted by Crippen LogP contribution is 2.24. The molecule has 0 bridgehead atoms. The van der Waals surface area contributed by atoms with E-state index in [1.54, 1.807) is 11.1 Å². The predicted octanol–water partition coefficient (Wildman–Crippen LogP) is 2.03. The standard InChI is InChI=1S/C18H24ClN7O3/c1-11(2)7-26(17-22-14(10-24(17)3)16(27)29-4)13-8-25(9-13)18(28)21-12-5-15(19)23-20-6-12/h5-6,10-11,13H,7-9H2,1-4H3,(H,21,23,28). The molecule has 156 valence electrons. The van der Waals surface area contributed by atoms with Crippen LogP contribution in [0, 0.1) is 5.92 Å². The van der Waals surface area contributed by atoms with Gasteiger partial charge in [-0.1, -0.05) is 25.4 Å². The van der Waals surface area contributed by atoms with Gasteiger partial charge in [-0.15, -0.1) is 5.10 Å². The molecule has 0 radical (unpaired) electrons. The van der Waals surface area contributed by atoms with Gasteiger partial charge in [0.2, 0.25) is 5.95 Å². The molecule has 11 heteroatoms. The number of methoxy groups -OCH3 is 1. The van der Waals surface area contributed by atoms with E-state index in [0.717, 1.165) is 6.54 Å². The molecule has 10 nitrogen and oxygen atoms in total. The summed E-state index contributed by atoms with van der Waals surface area (Å²) in [5, 5.41) is 10.3. The Kier molecular flexibility index (Phi) is 6.21. The third kappa shape index (κ3) is 4.76. The number of urea groups is 1. The summed E-state index contributed by atoms with van der Waals surface area (Å²) >= 11 is 5.80. The van der Waals surface area contributed by atoms with Gasteiger partial charge in [-0.05, 0) is 5.92 Å². The van der Waals surface area contributed by atoms with E-state index >= 15 is 0 Å². The minimum atomic E-state index is -0.476. The molecule has 1 aliphatic rings. The van der Waals surface area contributed by atoms with Crippen LogP contribution in [0.3, 0.4) is 0 Å². The normalized spacial score (nSPS) is 13.9. The number of nitrogens with one attached hydrogen (secondary N) is 1. The summed E-state index contributed by atoms with van der Waals surface area (Å²) in [6.07, 6.45) is 3.09. The molecule has 1 aliphatic heterocycles. The van der Waals surface area contributed by atoms with Crippen LogP contribution < -0.4 is 10.2 Å². The molecule has 2 amide bonds. The molecule has 3 heterocycles. The molecule has 3 rings (SSSR count). The first-order valence-corrected chi connectivity index (χ1v) is 9.58. The topological polar surface area (TPSA) is 105 Å². The van der Waals surface area contributed by atoms with Crippen LogP contribution in [0.2, 0.25) is 5.15 Å². The summed E-state index contributed by atoms with van der Waals surface area (Å²) in [6.45, 7) is 6.03. The highest BCUT2D eigenvalue weighted by Gasteiger charge is 2.37. The van der Waals surface area contributed by atoms with Crippen LogP contribution in [0.1, 0.15) is 24.3 Å². The molecular weight excluding hydrogens is 398 g/mol. The number of ether oxygens (including phenoxy) is 1. The molecule has 0 aromatic carbocycles. The number of hydrogen-bond donors (Lipinski definition) is 1. The molecule has 0 aliphatic carbocycles. The average molecular weight is 422 g/mol. The van der Waals surface area contributed by atoms with Crippen LogP contribution in [-0.2, 0) is 11.8 Å². The maximum atomic E-state index is 12.5. The summed E-state index contributed by atoms with van der Waals surface area (Å²) in [7, 11) is 3.17. The second-order valence-electron chi connectivity index (χ2n) is 7.33. The minimum absolute atomic E-state index is 0.0916. The van der Waals surface area contributed by atoms with Crippen molar-refractivity contribution in [3.63, 3.8) is 0 Å². The lowest BCUT2D eigenvalue weighted by Gasteiger charge is -2.46. The van der Waals surface area contributed by atoms with E-state index < -0.39 is 5.97 Å². The fourth-order valence-electron chi connectivity index (χ4n) is 3.14. The van der Waals surface area contributed by atoms with E-state index in [4.69, 9.17) is 16.3 Å². The van der Waals surface area contributed by atoms with Crippen molar-refractivity contribution in [3.05, 3.63) is 29.3 Å². The van der Waals surface area contributed by atoms with Crippen LogP contribution in [0.5, 0.6) is 0 Å². The Labute approximate surface area is 173 Å². The number of aryl methyl sites for hydroxylation is 1. The second-order valence-corrected chi connectivity index (χ2v) is 7.72. The van der Waals surface area contributed by atoms with Gasteiger partial charge >= 0.3 is 12.0 Å². The van der Waals surface area contributed by atoms with Gasteiger partial charge < -0.3 is 24.4 Å². The van der Waals surface area contributed by atoms with Crippen molar-refractivity contribution in [2.75, 3.05) is 37.0 Å². The molecule has 0 atom stereocenters. The fourth-order valence-corrected chi connectivity index (χ4v) is 3.30. The number of rotatable bonds is 6. The smallest absolute Gasteiger partial charge is 0.358 e. The predicted molar refractivity (Wildman–Crippen MR) is 108 cm³/mol. The van der Waals surface area contributed by atoms with E-state index in [2.05, 4.69) is 39.2 Å². The lowest BCUT2D eigenvalue weighted by atomic mass is 10.1. The summed E-state index contributed by atoms with van der Waals surface area (Å²) in [5.74, 6) is 0.575. The van der Waals surface area contributed by atoms with Crippen molar-refractivity contribution >= 4 is 35.2 Å². The number of esters is 1. The summed E-state index contributed by atoms with van der Waals surface area (Å²) in [5.41, 5.74) is 0.749. The molecule has 0 spiro atoms. The Morgan fingerprint density at radius 3 is 2.76 bits per heavy atom. The van der Waals surface area contributed by atoms with E-state index in [1.807, 2.05) is 11.6 Å². The first kappa shape index (κ1) is 20.8. The second kappa shape index (κ2) is 8.64. The lowest BCUT2D eigenvalue weighted by Crippen LogP contribution is -2.63. The molecule has 2 aromatic heterocycles. The Balaban J connectivity index is 1.68. The number of imidazole rings is 1. The van der Waals surface area contributed by atoms with Crippen molar-refractivity contribution in [1.82, 2.24) is 24.6 Å². The highest BCUT2D eigenvalue weighted by atomic mass is 35.5. The Morgan fingerprint density at radius 2 is 2.14 bits per heavy atom. The molecular formula is C18H24ClN7O3. The van der Waals surface area contributed by atoms with Crippen LogP contribution in [0.25, 0.3) is 0 Å². The molecule has 0 unspecified atom stereocenters. The number of carbonyl (C=O) groups is 2. The minimum Gasteiger partial charge on any atom is -0.464 e. The van der Waals surface area contributed by atoms with E-state index in [1.165, 1.54) is 19.4 Å². The lowest BCUT2D eigenvalue weighted by molar-refractivity contribution is 0.0594. The van der Waals surface area contributed by atoms with Crippen molar-refractivity contribution in [2.45, 2.75) is 19.9 Å². The number of carbonyl (C=O) groups excluding carboxylic acids is 2. The largest absolute Gasteiger partial charge is 0.464 e. The van der Waals surface area contributed by atoms with Gasteiger partial charge in [0.15, 0.2) is 10.8 Å².